The Balaban J connectivity index is 1.82. The van der Waals surface area contributed by atoms with Crippen molar-refractivity contribution in [3.63, 3.8) is 0 Å². The van der Waals surface area contributed by atoms with Crippen LogP contribution in [0.5, 0.6) is 0 Å². The number of rotatable bonds is 7. The zero-order valence-electron chi connectivity index (χ0n) is 15.9. The molecule has 1 unspecified atom stereocenters. The molecular formula is C18H22Cl2N2O4S3. The Morgan fingerprint density at radius 2 is 1.79 bits per heavy atom. The molecule has 1 N–H and O–H groups in total. The summed E-state index contributed by atoms with van der Waals surface area (Å²) in [6, 6.07) is 9.57. The third-order valence-electron chi connectivity index (χ3n) is 4.98. The first-order chi connectivity index (χ1) is 13.5. The van der Waals surface area contributed by atoms with Crippen molar-refractivity contribution in [3.05, 3.63) is 51.3 Å². The lowest BCUT2D eigenvalue weighted by Crippen LogP contribution is -2.46. The molecule has 2 heterocycles. The maximum Gasteiger partial charge on any atom is 0.193 e. The topological polar surface area (TPSA) is 83.6 Å². The summed E-state index contributed by atoms with van der Waals surface area (Å²) in [5, 5.41) is 2.78. The van der Waals surface area contributed by atoms with Crippen molar-refractivity contribution in [2.45, 2.75) is 21.5 Å². The summed E-state index contributed by atoms with van der Waals surface area (Å²) in [7, 11) is -3.46. The molecule has 0 spiro atoms. The highest BCUT2D eigenvalue weighted by Gasteiger charge is 2.46. The fourth-order valence-corrected chi connectivity index (χ4v) is 10.0. The Bertz CT molecular complexity index is 1070. The Hall–Kier alpha value is -0.680. The number of hydrogen-bond donors (Lipinski definition) is 1. The highest BCUT2D eigenvalue weighted by Crippen LogP contribution is 2.32. The molecule has 0 bridgehead atoms. The molecule has 6 nitrogen and oxygen atoms in total. The Kier molecular flexibility index (Phi) is 6.99. The van der Waals surface area contributed by atoms with Gasteiger partial charge < -0.3 is 10.2 Å². The molecule has 0 aliphatic carbocycles. The molecule has 0 radical (unpaired) electrons. The zero-order valence-corrected chi connectivity index (χ0v) is 19.8. The van der Waals surface area contributed by atoms with E-state index in [0.29, 0.717) is 15.9 Å². The van der Waals surface area contributed by atoms with Crippen molar-refractivity contribution in [3.8, 4) is 0 Å². The number of nitrogens with zero attached hydrogens (tertiary/aromatic N) is 1. The van der Waals surface area contributed by atoms with Crippen molar-refractivity contribution in [2.75, 3.05) is 32.1 Å². The van der Waals surface area contributed by atoms with Crippen LogP contribution in [0.4, 0.5) is 0 Å². The molecule has 11 heteroatoms. The Morgan fingerprint density at radius 1 is 1.14 bits per heavy atom. The Morgan fingerprint density at radius 3 is 2.34 bits per heavy atom. The van der Waals surface area contributed by atoms with E-state index in [4.69, 9.17) is 23.2 Å². The van der Waals surface area contributed by atoms with Gasteiger partial charge in [-0.25, -0.2) is 16.8 Å². The van der Waals surface area contributed by atoms with Crippen LogP contribution in [0.15, 0.2) is 40.6 Å². The monoisotopic (exact) mass is 496 g/mol. The van der Waals surface area contributed by atoms with Crippen molar-refractivity contribution in [1.29, 1.82) is 0 Å². The van der Waals surface area contributed by atoms with E-state index in [-0.39, 0.29) is 16.0 Å². The summed E-state index contributed by atoms with van der Waals surface area (Å²) < 4.78 is 51.1. The molecule has 0 amide bonds. The molecule has 3 atom stereocenters. The summed E-state index contributed by atoms with van der Waals surface area (Å²) in [6.45, 7) is 0.395. The summed E-state index contributed by atoms with van der Waals surface area (Å²) in [4.78, 5) is 1.99. The summed E-state index contributed by atoms with van der Waals surface area (Å²) >= 11 is 12.8. The van der Waals surface area contributed by atoms with Gasteiger partial charge in [-0.05, 0) is 43.9 Å². The summed E-state index contributed by atoms with van der Waals surface area (Å²) in [5.74, 6) is -0.604. The second-order valence-corrected chi connectivity index (χ2v) is 14.0. The van der Waals surface area contributed by atoms with Gasteiger partial charge in [-0.15, -0.1) is 11.3 Å². The molecule has 29 heavy (non-hydrogen) atoms. The van der Waals surface area contributed by atoms with E-state index in [2.05, 4.69) is 5.32 Å². The predicted octanol–water partition coefficient (Wildman–Crippen LogP) is 2.89. The zero-order chi connectivity index (χ0) is 21.4. The molecule has 1 aromatic heterocycles. The van der Waals surface area contributed by atoms with Crippen LogP contribution in [0.25, 0.3) is 0 Å². The number of likely N-dealkylation sites (N-methyl/N-ethyl adjacent to an activating group) is 1. The van der Waals surface area contributed by atoms with Crippen LogP contribution in [0.3, 0.4) is 0 Å². The van der Waals surface area contributed by atoms with E-state index in [0.717, 1.165) is 16.9 Å². The first-order valence-electron chi connectivity index (χ1n) is 8.84. The van der Waals surface area contributed by atoms with Crippen LogP contribution in [-0.2, 0) is 19.7 Å². The lowest BCUT2D eigenvalue weighted by molar-refractivity contribution is 0.282. The number of thiophene rings is 1. The second kappa shape index (κ2) is 8.82. The first-order valence-corrected chi connectivity index (χ1v) is 13.8. The third-order valence-corrected chi connectivity index (χ3v) is 11.1. The Labute approximate surface area is 185 Å². The molecule has 1 aliphatic heterocycles. The smallest absolute Gasteiger partial charge is 0.193 e. The summed E-state index contributed by atoms with van der Waals surface area (Å²) in [6.07, 6.45) is 0. The minimum Gasteiger partial charge on any atom is -0.310 e. The molecule has 1 aliphatic rings. The van der Waals surface area contributed by atoms with Gasteiger partial charge in [-0.2, -0.15) is 0 Å². The first kappa shape index (κ1) is 23.0. The van der Waals surface area contributed by atoms with Crippen molar-refractivity contribution < 1.29 is 16.8 Å². The van der Waals surface area contributed by atoms with Gasteiger partial charge in [0.15, 0.2) is 19.7 Å². The highest BCUT2D eigenvalue weighted by atomic mass is 35.5. The average Bonchev–Trinajstić information content (AvgIpc) is 3.20. The molecular weight excluding hydrogens is 475 g/mol. The van der Waals surface area contributed by atoms with E-state index in [9.17, 15) is 16.8 Å². The molecule has 3 rings (SSSR count). The van der Waals surface area contributed by atoms with Gasteiger partial charge in [-0.3, -0.25) is 0 Å². The molecule has 160 valence electrons. The number of sulfone groups is 2. The van der Waals surface area contributed by atoms with E-state index in [1.807, 2.05) is 31.1 Å². The van der Waals surface area contributed by atoms with Crippen LogP contribution >= 0.6 is 34.5 Å². The average molecular weight is 497 g/mol. The number of hydrogen-bond acceptors (Lipinski definition) is 7. The summed E-state index contributed by atoms with van der Waals surface area (Å²) in [5.41, 5.74) is 0.997. The van der Waals surface area contributed by atoms with E-state index < -0.39 is 36.7 Å². The standard InChI is InChI=1S/C18H22Cl2N2O4S3/c1-22(2)15(12-3-5-13(19)6-4-12)9-21-14-10-28(23,24)11-16(14)29(25,26)18-8-7-17(20)27-18/h3-8,14-16,21H,9-11H2,1-2H3/t14-,15?,16-/m0/s1. The van der Waals surface area contributed by atoms with Crippen LogP contribution in [0.2, 0.25) is 9.36 Å². The fraction of sp³-hybridized carbons (Fsp3) is 0.444. The minimum absolute atomic E-state index is 0.0740. The maximum absolute atomic E-state index is 13.1. The molecule has 2 aromatic rings. The largest absolute Gasteiger partial charge is 0.310 e. The van der Waals surface area contributed by atoms with Crippen LogP contribution < -0.4 is 5.32 Å². The molecule has 1 aromatic carbocycles. The SMILES string of the molecule is CN(C)C(CN[C@H]1CS(=O)(=O)C[C@@H]1S(=O)(=O)c1ccc(Cl)s1)c1ccc(Cl)cc1. The van der Waals surface area contributed by atoms with Crippen LogP contribution in [0, 0.1) is 0 Å². The highest BCUT2D eigenvalue weighted by molar-refractivity contribution is 7.97. The van der Waals surface area contributed by atoms with E-state index in [1.54, 1.807) is 12.1 Å². The van der Waals surface area contributed by atoms with Crippen LogP contribution in [-0.4, -0.2) is 65.2 Å². The normalized spacial score (nSPS) is 22.8. The van der Waals surface area contributed by atoms with Crippen molar-refractivity contribution in [1.82, 2.24) is 10.2 Å². The number of benzene rings is 1. The number of halogens is 2. The third kappa shape index (κ3) is 5.33. The molecule has 1 saturated heterocycles. The van der Waals surface area contributed by atoms with Crippen molar-refractivity contribution >= 4 is 54.2 Å². The van der Waals surface area contributed by atoms with Gasteiger partial charge >= 0.3 is 0 Å². The fourth-order valence-electron chi connectivity index (χ4n) is 3.46. The van der Waals surface area contributed by atoms with Gasteiger partial charge in [-0.1, -0.05) is 35.3 Å². The maximum atomic E-state index is 13.1. The van der Waals surface area contributed by atoms with Crippen molar-refractivity contribution in [2.24, 2.45) is 0 Å². The van der Waals surface area contributed by atoms with Crippen LogP contribution in [0.1, 0.15) is 11.6 Å². The van der Waals surface area contributed by atoms with Gasteiger partial charge in [0.1, 0.15) is 4.21 Å². The van der Waals surface area contributed by atoms with Gasteiger partial charge in [0.2, 0.25) is 0 Å². The van der Waals surface area contributed by atoms with E-state index in [1.165, 1.54) is 12.1 Å². The predicted molar refractivity (Wildman–Crippen MR) is 119 cm³/mol. The van der Waals surface area contributed by atoms with Gasteiger partial charge in [0.25, 0.3) is 0 Å². The van der Waals surface area contributed by atoms with Gasteiger partial charge in [0.05, 0.1) is 21.1 Å². The second-order valence-electron chi connectivity index (χ2n) is 7.26. The number of nitrogens with one attached hydrogen (secondary N) is 1. The molecule has 1 fully saturated rings. The van der Waals surface area contributed by atoms with E-state index >= 15 is 0 Å². The minimum atomic E-state index is -3.82. The van der Waals surface area contributed by atoms with Gasteiger partial charge in [0, 0.05) is 23.7 Å². The quantitative estimate of drug-likeness (QED) is 0.634. The lowest BCUT2D eigenvalue weighted by atomic mass is 10.1. The lowest BCUT2D eigenvalue weighted by Gasteiger charge is -2.28. The molecule has 0 saturated carbocycles.